The van der Waals surface area contributed by atoms with Crippen LogP contribution in [-0.2, 0) is 11.3 Å². The number of methoxy groups -OCH3 is 1. The second-order valence-corrected chi connectivity index (χ2v) is 13.5. The summed E-state index contributed by atoms with van der Waals surface area (Å²) in [4.78, 5) is 14.0. The molecule has 45 heavy (non-hydrogen) atoms. The summed E-state index contributed by atoms with van der Waals surface area (Å²) in [5.41, 5.74) is 1.02. The van der Waals surface area contributed by atoms with Crippen molar-refractivity contribution in [2.45, 2.75) is 62.5 Å². The van der Waals surface area contributed by atoms with Crippen molar-refractivity contribution < 1.29 is 23.4 Å². The van der Waals surface area contributed by atoms with Gasteiger partial charge in [0, 0.05) is 66.6 Å². The summed E-state index contributed by atoms with van der Waals surface area (Å²) in [6.45, 7) is 3.10. The number of fused-ring (bicyclic) bond motifs is 5. The highest BCUT2D eigenvalue weighted by Crippen LogP contribution is 2.44. The average molecular weight is 636 g/mol. The predicted octanol–water partition coefficient (Wildman–Crippen LogP) is 5.99. The third-order valence-corrected chi connectivity index (χ3v) is 10.5. The minimum absolute atomic E-state index is 0.00516. The van der Waals surface area contributed by atoms with Gasteiger partial charge in [-0.15, -0.1) is 0 Å². The highest BCUT2D eigenvalue weighted by Gasteiger charge is 2.49. The molecule has 2 bridgehead atoms. The summed E-state index contributed by atoms with van der Waals surface area (Å²) in [5.74, 6) is 0.0447. The van der Waals surface area contributed by atoms with Crippen LogP contribution in [-0.4, -0.2) is 83.7 Å². The normalized spacial score (nSPS) is 26.3. The lowest BCUT2D eigenvalue weighted by atomic mass is 9.92. The minimum atomic E-state index is -0.888. The molecule has 236 valence electrons. The Kier molecular flexibility index (Phi) is 7.24. The summed E-state index contributed by atoms with van der Waals surface area (Å²) in [6.07, 6.45) is 3.52. The lowest BCUT2D eigenvalue weighted by molar-refractivity contribution is 0.107. The van der Waals surface area contributed by atoms with E-state index in [2.05, 4.69) is 20.1 Å². The van der Waals surface area contributed by atoms with Crippen molar-refractivity contribution in [1.29, 1.82) is 0 Å². The number of piperazine rings is 1. The van der Waals surface area contributed by atoms with E-state index in [1.807, 2.05) is 12.1 Å². The third kappa shape index (κ3) is 4.97. The number of halogens is 3. The van der Waals surface area contributed by atoms with Gasteiger partial charge in [-0.1, -0.05) is 23.7 Å². The second-order valence-electron chi connectivity index (χ2n) is 13.1. The lowest BCUT2D eigenvalue weighted by Gasteiger charge is -2.35. The van der Waals surface area contributed by atoms with Gasteiger partial charge in [-0.3, -0.25) is 4.90 Å². The Morgan fingerprint density at radius 1 is 1.13 bits per heavy atom. The number of ether oxygens (including phenoxy) is 2. The Morgan fingerprint density at radius 2 is 1.96 bits per heavy atom. The molecule has 4 fully saturated rings. The molecule has 4 atom stereocenters. The van der Waals surface area contributed by atoms with E-state index in [0.29, 0.717) is 63.2 Å². The summed E-state index contributed by atoms with van der Waals surface area (Å²) >= 11 is 6.68. The van der Waals surface area contributed by atoms with Gasteiger partial charge in [0.1, 0.15) is 29.9 Å². The Bertz CT molecular complexity index is 1800. The van der Waals surface area contributed by atoms with Crippen molar-refractivity contribution in [2.24, 2.45) is 0 Å². The van der Waals surface area contributed by atoms with Gasteiger partial charge < -0.3 is 24.8 Å². The molecule has 0 aliphatic carbocycles. The van der Waals surface area contributed by atoms with Crippen LogP contribution in [0.2, 0.25) is 5.02 Å². The van der Waals surface area contributed by atoms with Gasteiger partial charge in [0.15, 0.2) is 5.82 Å². The summed E-state index contributed by atoms with van der Waals surface area (Å²) in [7, 11) is 1.57. The molecule has 3 aromatic carbocycles. The molecule has 5 heterocycles. The third-order valence-electron chi connectivity index (χ3n) is 10.2. The topological polar surface area (TPSA) is 83.0 Å². The molecule has 4 saturated heterocycles. The SMILES string of the molecule is COCc1cc2c(N3CC4CCC(C3)N4)nc(OC[C@@]34CCCN3C[C@H](F)C4)nc2c(F)c1-c1cc(O)cc2cccc(Cl)c12. The maximum Gasteiger partial charge on any atom is 0.319 e. The second kappa shape index (κ2) is 11.2. The van der Waals surface area contributed by atoms with Crippen LogP contribution >= 0.6 is 11.6 Å². The molecule has 2 N–H and O–H groups in total. The van der Waals surface area contributed by atoms with Gasteiger partial charge in [-0.05, 0) is 73.0 Å². The van der Waals surface area contributed by atoms with Gasteiger partial charge in [0.05, 0.1) is 12.1 Å². The molecule has 4 aliphatic heterocycles. The van der Waals surface area contributed by atoms with Gasteiger partial charge in [-0.25, -0.2) is 8.78 Å². The average Bonchev–Trinajstić information content (AvgIpc) is 3.66. The summed E-state index contributed by atoms with van der Waals surface area (Å²) in [5, 5.41) is 16.7. The highest BCUT2D eigenvalue weighted by molar-refractivity contribution is 6.36. The van der Waals surface area contributed by atoms with E-state index in [0.717, 1.165) is 45.3 Å². The van der Waals surface area contributed by atoms with Crippen molar-refractivity contribution in [3.8, 4) is 22.9 Å². The van der Waals surface area contributed by atoms with Crippen molar-refractivity contribution in [3.05, 3.63) is 52.8 Å². The zero-order valence-corrected chi connectivity index (χ0v) is 25.9. The first kappa shape index (κ1) is 29.1. The van der Waals surface area contributed by atoms with E-state index >= 15 is 4.39 Å². The molecular weight excluding hydrogens is 600 g/mol. The zero-order chi connectivity index (χ0) is 30.9. The molecule has 0 spiro atoms. The van der Waals surface area contributed by atoms with Crippen LogP contribution in [0, 0.1) is 5.82 Å². The number of anilines is 1. The molecule has 0 radical (unpaired) electrons. The number of phenols is 1. The van der Waals surface area contributed by atoms with E-state index < -0.39 is 17.5 Å². The number of nitrogens with one attached hydrogen (secondary N) is 1. The molecule has 4 aliphatic rings. The molecule has 0 saturated carbocycles. The van der Waals surface area contributed by atoms with Crippen LogP contribution in [0.1, 0.15) is 37.7 Å². The number of rotatable bonds is 7. The molecule has 0 amide bonds. The van der Waals surface area contributed by atoms with E-state index in [1.165, 1.54) is 6.07 Å². The molecule has 4 aromatic rings. The maximum atomic E-state index is 17.2. The van der Waals surface area contributed by atoms with Gasteiger partial charge >= 0.3 is 6.01 Å². The fourth-order valence-electron chi connectivity index (χ4n) is 8.29. The maximum absolute atomic E-state index is 17.2. The summed E-state index contributed by atoms with van der Waals surface area (Å²) < 4.78 is 43.6. The van der Waals surface area contributed by atoms with Gasteiger partial charge in [-0.2, -0.15) is 9.97 Å². The Balaban J connectivity index is 1.31. The number of alkyl halides is 1. The Hall–Kier alpha value is -3.31. The molecule has 8 rings (SSSR count). The Labute approximate surface area is 265 Å². The molecule has 2 unspecified atom stereocenters. The van der Waals surface area contributed by atoms with Gasteiger partial charge in [0.25, 0.3) is 0 Å². The van der Waals surface area contributed by atoms with Gasteiger partial charge in [0.2, 0.25) is 0 Å². The predicted molar refractivity (Wildman–Crippen MR) is 171 cm³/mol. The Morgan fingerprint density at radius 3 is 2.76 bits per heavy atom. The number of aromatic hydroxyl groups is 1. The monoisotopic (exact) mass is 635 g/mol. The molecular formula is C34H36ClF2N5O3. The highest BCUT2D eigenvalue weighted by atomic mass is 35.5. The van der Waals surface area contributed by atoms with Crippen molar-refractivity contribution in [1.82, 2.24) is 20.2 Å². The van der Waals surface area contributed by atoms with Crippen LogP contribution < -0.4 is 15.0 Å². The number of benzene rings is 3. The molecule has 11 heteroatoms. The zero-order valence-electron chi connectivity index (χ0n) is 25.2. The van der Waals surface area contributed by atoms with Crippen molar-refractivity contribution in [3.63, 3.8) is 0 Å². The number of hydrogen-bond donors (Lipinski definition) is 2. The van der Waals surface area contributed by atoms with E-state index in [1.54, 1.807) is 25.3 Å². The van der Waals surface area contributed by atoms with E-state index in [4.69, 9.17) is 26.1 Å². The van der Waals surface area contributed by atoms with Crippen LogP contribution in [0.3, 0.4) is 0 Å². The minimum Gasteiger partial charge on any atom is -0.508 e. The smallest absolute Gasteiger partial charge is 0.319 e. The number of hydrogen-bond acceptors (Lipinski definition) is 8. The molecule has 8 nitrogen and oxygen atoms in total. The molecule has 1 aromatic heterocycles. The van der Waals surface area contributed by atoms with Crippen molar-refractivity contribution >= 4 is 39.1 Å². The number of nitrogens with zero attached hydrogens (tertiary/aromatic N) is 4. The first-order chi connectivity index (χ1) is 21.8. The van der Waals surface area contributed by atoms with E-state index in [-0.39, 0.29) is 36.1 Å². The fraction of sp³-hybridized carbons (Fsp3) is 0.471. The van der Waals surface area contributed by atoms with Crippen LogP contribution in [0.15, 0.2) is 36.4 Å². The lowest BCUT2D eigenvalue weighted by Crippen LogP contribution is -2.51. The fourth-order valence-corrected chi connectivity index (χ4v) is 8.57. The number of aromatic nitrogens is 2. The largest absolute Gasteiger partial charge is 0.508 e. The van der Waals surface area contributed by atoms with Crippen LogP contribution in [0.25, 0.3) is 32.8 Å². The first-order valence-electron chi connectivity index (χ1n) is 15.8. The first-order valence-corrected chi connectivity index (χ1v) is 16.2. The summed E-state index contributed by atoms with van der Waals surface area (Å²) in [6, 6.07) is 11.2. The standard InChI is InChI=1S/C34H36ClF2N5O3/c1-44-17-20-11-26-31(30(37)29(20)25-12-24(43)10-19-4-2-5-27(35)28(19)25)39-33(40-32(26)41-15-22-6-7-23(16-41)38-22)45-18-34-8-3-9-42(34)14-21(36)13-34/h2,4-5,10-12,21-23,38,43H,3,6-9,13-18H2,1H3/t21-,22?,23?,34+/m1/s1. The number of phenolic OH excluding ortho intramolecular Hbond substituents is 1. The van der Waals surface area contributed by atoms with Crippen LogP contribution in [0.4, 0.5) is 14.6 Å². The van der Waals surface area contributed by atoms with E-state index in [9.17, 15) is 9.50 Å². The van der Waals surface area contributed by atoms with Crippen molar-refractivity contribution in [2.75, 3.05) is 44.8 Å². The van der Waals surface area contributed by atoms with Crippen LogP contribution in [0.5, 0.6) is 11.8 Å². The quantitative estimate of drug-likeness (QED) is 0.256.